The lowest BCUT2D eigenvalue weighted by Crippen LogP contribution is -2.23. The number of aromatic nitrogens is 5. The van der Waals surface area contributed by atoms with Gasteiger partial charge in [-0.1, -0.05) is 32.9 Å². The van der Waals surface area contributed by atoms with Gasteiger partial charge in [0.1, 0.15) is 5.39 Å². The lowest BCUT2D eigenvalue weighted by molar-refractivity contribution is 0.545. The third-order valence-electron chi connectivity index (χ3n) is 6.27. The van der Waals surface area contributed by atoms with Crippen LogP contribution < -0.4 is 16.2 Å². The molecule has 0 atom stereocenters. The van der Waals surface area contributed by atoms with Crippen LogP contribution in [-0.2, 0) is 24.9 Å². The molecule has 1 aliphatic heterocycles. The van der Waals surface area contributed by atoms with E-state index in [0.717, 1.165) is 37.3 Å². The van der Waals surface area contributed by atoms with Gasteiger partial charge < -0.3 is 10.6 Å². The predicted octanol–water partition coefficient (Wildman–Crippen LogP) is 4.07. The number of pyridine rings is 1. The molecule has 34 heavy (non-hydrogen) atoms. The van der Waals surface area contributed by atoms with Crippen molar-refractivity contribution in [3.63, 3.8) is 0 Å². The number of nitrogens with zero attached hydrogens (tertiary/aromatic N) is 5. The Hall–Kier alpha value is -3.52. The van der Waals surface area contributed by atoms with Gasteiger partial charge in [0.05, 0.1) is 0 Å². The molecule has 4 aromatic rings. The van der Waals surface area contributed by atoms with Gasteiger partial charge in [-0.2, -0.15) is 4.98 Å². The van der Waals surface area contributed by atoms with Crippen LogP contribution in [0.2, 0.25) is 0 Å². The number of hydrogen-bond donors (Lipinski definition) is 2. The fourth-order valence-corrected chi connectivity index (χ4v) is 4.43. The van der Waals surface area contributed by atoms with E-state index < -0.39 is 0 Å². The molecule has 0 radical (unpaired) electrons. The summed E-state index contributed by atoms with van der Waals surface area (Å²) in [5, 5.41) is 7.27. The molecule has 0 saturated carbocycles. The molecule has 1 aliphatic rings. The first-order chi connectivity index (χ1) is 16.3. The van der Waals surface area contributed by atoms with Gasteiger partial charge in [-0.3, -0.25) is 4.79 Å². The fourth-order valence-electron chi connectivity index (χ4n) is 4.43. The predicted molar refractivity (Wildman–Crippen MR) is 135 cm³/mol. The number of aryl methyl sites for hydroxylation is 1. The molecule has 8 heteroatoms. The summed E-state index contributed by atoms with van der Waals surface area (Å²) in [7, 11) is 0. The van der Waals surface area contributed by atoms with Crippen molar-refractivity contribution in [1.82, 2.24) is 29.6 Å². The van der Waals surface area contributed by atoms with Gasteiger partial charge in [-0.05, 0) is 61.7 Å². The highest BCUT2D eigenvalue weighted by molar-refractivity contribution is 5.77. The van der Waals surface area contributed by atoms with Crippen molar-refractivity contribution in [2.24, 2.45) is 0 Å². The maximum absolute atomic E-state index is 13.1. The van der Waals surface area contributed by atoms with E-state index >= 15 is 0 Å². The Labute approximate surface area is 199 Å². The molecule has 1 aromatic carbocycles. The quantitative estimate of drug-likeness (QED) is 0.480. The molecule has 0 bridgehead atoms. The second-order valence-corrected chi connectivity index (χ2v) is 9.78. The van der Waals surface area contributed by atoms with Crippen molar-refractivity contribution in [2.45, 2.75) is 59.0 Å². The molecule has 0 saturated heterocycles. The number of hydrogen-bond acceptors (Lipinski definition) is 6. The maximum atomic E-state index is 13.1. The molecule has 0 amide bonds. The van der Waals surface area contributed by atoms with E-state index in [-0.39, 0.29) is 11.0 Å². The zero-order valence-corrected chi connectivity index (χ0v) is 20.2. The lowest BCUT2D eigenvalue weighted by atomic mass is 9.92. The minimum Gasteiger partial charge on any atom is -0.324 e. The molecule has 0 fully saturated rings. The highest BCUT2D eigenvalue weighted by atomic mass is 16.1. The van der Waals surface area contributed by atoms with Crippen LogP contribution in [0.4, 0.5) is 11.6 Å². The Kier molecular flexibility index (Phi) is 5.69. The minimum atomic E-state index is -0.122. The van der Waals surface area contributed by atoms with Gasteiger partial charge in [0, 0.05) is 36.1 Å². The van der Waals surface area contributed by atoms with E-state index in [2.05, 4.69) is 54.6 Å². The third kappa shape index (κ3) is 4.09. The number of benzene rings is 1. The van der Waals surface area contributed by atoms with Gasteiger partial charge in [-0.25, -0.2) is 19.3 Å². The molecule has 0 aliphatic carbocycles. The minimum absolute atomic E-state index is 0.113. The monoisotopic (exact) mass is 457 g/mol. The molecular weight excluding hydrogens is 426 g/mol. The third-order valence-corrected chi connectivity index (χ3v) is 6.27. The normalized spacial score (nSPS) is 14.1. The first-order valence-corrected chi connectivity index (χ1v) is 11.9. The van der Waals surface area contributed by atoms with E-state index in [4.69, 9.17) is 9.97 Å². The van der Waals surface area contributed by atoms with Crippen LogP contribution in [0.15, 0.2) is 47.4 Å². The van der Waals surface area contributed by atoms with E-state index in [0.29, 0.717) is 29.3 Å². The van der Waals surface area contributed by atoms with Crippen molar-refractivity contribution in [2.75, 3.05) is 11.9 Å². The van der Waals surface area contributed by atoms with Crippen LogP contribution in [-0.4, -0.2) is 30.9 Å². The summed E-state index contributed by atoms with van der Waals surface area (Å²) in [6.07, 6.45) is 3.84. The Balaban J connectivity index is 1.59. The number of fused-ring (bicyclic) bond motifs is 2. The van der Waals surface area contributed by atoms with Crippen LogP contribution >= 0.6 is 0 Å². The highest BCUT2D eigenvalue weighted by Crippen LogP contribution is 2.24. The van der Waals surface area contributed by atoms with Crippen molar-refractivity contribution in [1.29, 1.82) is 0 Å². The van der Waals surface area contributed by atoms with Crippen LogP contribution in [0.5, 0.6) is 0 Å². The van der Waals surface area contributed by atoms with E-state index in [1.807, 2.05) is 25.1 Å². The van der Waals surface area contributed by atoms with Gasteiger partial charge >= 0.3 is 0 Å². The summed E-state index contributed by atoms with van der Waals surface area (Å²) in [5.74, 6) is 1.12. The molecule has 4 heterocycles. The van der Waals surface area contributed by atoms with Gasteiger partial charge in [0.2, 0.25) is 5.95 Å². The summed E-state index contributed by atoms with van der Waals surface area (Å²) in [6.45, 7) is 10.7. The fraction of sp³-hybridized carbons (Fsp3) is 0.385. The highest BCUT2D eigenvalue weighted by Gasteiger charge is 2.20. The van der Waals surface area contributed by atoms with Gasteiger partial charge in [0.25, 0.3) is 5.56 Å². The second kappa shape index (κ2) is 8.68. The number of anilines is 2. The average Bonchev–Trinajstić information content (AvgIpc) is 2.95. The Morgan fingerprint density at radius 1 is 1.12 bits per heavy atom. The molecule has 3 aromatic heterocycles. The molecule has 0 unspecified atom stereocenters. The molecule has 0 spiro atoms. The zero-order chi connectivity index (χ0) is 23.9. The average molecular weight is 458 g/mol. The largest absolute Gasteiger partial charge is 0.324 e. The second-order valence-electron chi connectivity index (χ2n) is 9.78. The Morgan fingerprint density at radius 3 is 2.76 bits per heavy atom. The van der Waals surface area contributed by atoms with Crippen LogP contribution in [0.3, 0.4) is 0 Å². The summed E-state index contributed by atoms with van der Waals surface area (Å²) in [6, 6.07) is 12.3. The summed E-state index contributed by atoms with van der Waals surface area (Å²) < 4.78 is 3.46. The van der Waals surface area contributed by atoms with Gasteiger partial charge in [-0.15, -0.1) is 0 Å². The van der Waals surface area contributed by atoms with E-state index in [9.17, 15) is 4.79 Å². The Morgan fingerprint density at radius 2 is 1.97 bits per heavy atom. The first-order valence-electron chi connectivity index (χ1n) is 11.9. The molecule has 2 N–H and O–H groups in total. The number of nitrogens with one attached hydrogen (secondary N) is 2. The van der Waals surface area contributed by atoms with Crippen molar-refractivity contribution < 1.29 is 0 Å². The smallest absolute Gasteiger partial charge is 0.278 e. The summed E-state index contributed by atoms with van der Waals surface area (Å²) >= 11 is 0. The zero-order valence-electron chi connectivity index (χ0n) is 20.2. The standard InChI is InChI=1S/C26H31N7O/c1-5-32-24(34)20-16-28-25(29-19-12-11-17-8-7-13-27-15-18(17)14-19)31-23(20)33(32)22-10-6-9-21(30-22)26(2,3)4/h6,9-12,14,16,27H,5,7-8,13,15H2,1-4H3,(H,28,29,31). The molecule has 8 nitrogen and oxygen atoms in total. The maximum Gasteiger partial charge on any atom is 0.278 e. The topological polar surface area (TPSA) is 89.7 Å². The van der Waals surface area contributed by atoms with E-state index in [1.165, 1.54) is 11.1 Å². The molecule has 176 valence electrons. The van der Waals surface area contributed by atoms with Crippen LogP contribution in [0, 0.1) is 0 Å². The first kappa shape index (κ1) is 22.3. The molecule has 5 rings (SSSR count). The number of rotatable bonds is 4. The van der Waals surface area contributed by atoms with Crippen LogP contribution in [0.25, 0.3) is 16.9 Å². The lowest BCUT2D eigenvalue weighted by Gasteiger charge is -2.19. The SMILES string of the molecule is CCn1c(=O)c2cnc(Nc3ccc4c(c3)CNCCC4)nc2n1-c1cccc(C(C)(C)C)n1. The molecular formula is C26H31N7O. The van der Waals surface area contributed by atoms with Gasteiger partial charge in [0.15, 0.2) is 11.5 Å². The van der Waals surface area contributed by atoms with Crippen molar-refractivity contribution in [3.05, 3.63) is 69.8 Å². The van der Waals surface area contributed by atoms with Crippen molar-refractivity contribution >= 4 is 22.7 Å². The van der Waals surface area contributed by atoms with Crippen molar-refractivity contribution in [3.8, 4) is 5.82 Å². The van der Waals surface area contributed by atoms with Crippen LogP contribution in [0.1, 0.15) is 50.9 Å². The Bertz CT molecular complexity index is 1410. The summed E-state index contributed by atoms with van der Waals surface area (Å²) in [5.41, 5.74) is 4.86. The van der Waals surface area contributed by atoms with E-state index in [1.54, 1.807) is 15.6 Å². The summed E-state index contributed by atoms with van der Waals surface area (Å²) in [4.78, 5) is 27.2.